The molecule has 1 aromatic carbocycles. The van der Waals surface area contributed by atoms with Gasteiger partial charge in [0.2, 0.25) is 0 Å². The third-order valence-electron chi connectivity index (χ3n) is 3.91. The van der Waals surface area contributed by atoms with Crippen LogP contribution in [0.15, 0.2) is 24.3 Å². The van der Waals surface area contributed by atoms with Crippen molar-refractivity contribution in [2.45, 2.75) is 49.2 Å². The maximum atomic E-state index is 13.0. The summed E-state index contributed by atoms with van der Waals surface area (Å²) in [6, 6.07) is 6.99. The molecule has 110 valence electrons. The first-order valence-electron chi connectivity index (χ1n) is 6.51. The van der Waals surface area contributed by atoms with Gasteiger partial charge in [-0.25, -0.2) is 0 Å². The number of halogens is 3. The van der Waals surface area contributed by atoms with E-state index in [0.717, 1.165) is 28.1 Å². The molecule has 0 aromatic heterocycles. The molecule has 0 amide bonds. The average Bonchev–Trinajstić information content (AvgIpc) is 2.47. The fourth-order valence-electron chi connectivity index (χ4n) is 2.00. The molecule has 2 nitrogen and oxygen atoms in total. The molecule has 0 N–H and O–H groups in total. The van der Waals surface area contributed by atoms with Crippen molar-refractivity contribution in [2.24, 2.45) is 0 Å². The second-order valence-corrected chi connectivity index (χ2v) is 7.70. The zero-order chi connectivity index (χ0) is 15.2. The third kappa shape index (κ3) is 3.51. The maximum Gasteiger partial charge on any atom is 0.494 e. The quantitative estimate of drug-likeness (QED) is 0.444. The van der Waals surface area contributed by atoms with Gasteiger partial charge in [0.1, 0.15) is 0 Å². The molecule has 2 rings (SSSR count). The Morgan fingerprint density at radius 1 is 1.05 bits per heavy atom. The summed E-state index contributed by atoms with van der Waals surface area (Å²) in [5, 5.41) is 0. The molecule has 0 aliphatic carbocycles. The molecule has 0 spiro atoms. The lowest BCUT2D eigenvalue weighted by Gasteiger charge is -2.32. The van der Waals surface area contributed by atoms with Crippen LogP contribution in [-0.2, 0) is 15.7 Å². The fourth-order valence-corrected chi connectivity index (χ4v) is 2.44. The Morgan fingerprint density at radius 2 is 1.50 bits per heavy atom. The maximum absolute atomic E-state index is 13.0. The second-order valence-electron chi connectivity index (χ2n) is 6.12. The van der Waals surface area contributed by atoms with Crippen molar-refractivity contribution in [3.63, 3.8) is 0 Å². The van der Waals surface area contributed by atoms with Crippen molar-refractivity contribution in [2.75, 3.05) is 0 Å². The lowest BCUT2D eigenvalue weighted by molar-refractivity contribution is 0.00578. The minimum Gasteiger partial charge on any atom is -0.399 e. The number of alkyl halides is 3. The molecule has 1 heterocycles. The highest BCUT2D eigenvalue weighted by Gasteiger charge is 2.51. The van der Waals surface area contributed by atoms with Crippen LogP contribution in [-0.4, -0.2) is 22.2 Å². The van der Waals surface area contributed by atoms with E-state index < -0.39 is 22.2 Å². The first-order chi connectivity index (χ1) is 9.00. The van der Waals surface area contributed by atoms with Crippen LogP contribution in [0, 0.1) is 0 Å². The molecule has 20 heavy (non-hydrogen) atoms. The highest BCUT2D eigenvalue weighted by atomic mass is 127. The molecular weight excluding hydrogens is 376 g/mol. The SMILES string of the molecule is CC1(C)OB(c2ccc(CC(F)(F)I)cc2)OC1(C)C. The van der Waals surface area contributed by atoms with Crippen molar-refractivity contribution < 1.29 is 18.1 Å². The van der Waals surface area contributed by atoms with Crippen LogP contribution in [0.4, 0.5) is 8.78 Å². The topological polar surface area (TPSA) is 18.5 Å². The van der Waals surface area contributed by atoms with Crippen LogP contribution in [0.2, 0.25) is 0 Å². The monoisotopic (exact) mass is 394 g/mol. The first-order valence-corrected chi connectivity index (χ1v) is 7.59. The Hall–Kier alpha value is -0.205. The van der Waals surface area contributed by atoms with E-state index in [1.807, 2.05) is 27.7 Å². The Kier molecular flexibility index (Phi) is 4.21. The van der Waals surface area contributed by atoms with Gasteiger partial charge in [-0.05, 0) is 61.3 Å². The molecule has 1 fully saturated rings. The van der Waals surface area contributed by atoms with Gasteiger partial charge in [0.05, 0.1) is 11.2 Å². The van der Waals surface area contributed by atoms with Crippen LogP contribution < -0.4 is 5.46 Å². The predicted octanol–water partition coefficient (Wildman–Crippen LogP) is 3.56. The van der Waals surface area contributed by atoms with Crippen LogP contribution in [0.3, 0.4) is 0 Å². The van der Waals surface area contributed by atoms with Crippen LogP contribution in [0.5, 0.6) is 0 Å². The van der Waals surface area contributed by atoms with Crippen molar-refractivity contribution in [3.8, 4) is 0 Å². The largest absolute Gasteiger partial charge is 0.494 e. The van der Waals surface area contributed by atoms with E-state index in [-0.39, 0.29) is 6.42 Å². The van der Waals surface area contributed by atoms with Crippen molar-refractivity contribution >= 4 is 35.2 Å². The molecular formula is C14H18BF2IO2. The molecule has 1 saturated heterocycles. The number of rotatable bonds is 3. The van der Waals surface area contributed by atoms with Gasteiger partial charge < -0.3 is 9.31 Å². The molecule has 1 aliphatic rings. The van der Waals surface area contributed by atoms with E-state index in [1.54, 1.807) is 24.3 Å². The molecule has 0 radical (unpaired) electrons. The van der Waals surface area contributed by atoms with Crippen LogP contribution in [0.25, 0.3) is 0 Å². The zero-order valence-electron chi connectivity index (χ0n) is 12.0. The Balaban J connectivity index is 2.12. The van der Waals surface area contributed by atoms with E-state index in [1.165, 1.54) is 0 Å². The molecule has 1 aromatic rings. The molecule has 1 aliphatic heterocycles. The van der Waals surface area contributed by atoms with E-state index >= 15 is 0 Å². The lowest BCUT2D eigenvalue weighted by atomic mass is 9.79. The first kappa shape index (κ1) is 16.2. The lowest BCUT2D eigenvalue weighted by Crippen LogP contribution is -2.41. The van der Waals surface area contributed by atoms with E-state index in [2.05, 4.69) is 0 Å². The predicted molar refractivity (Wildman–Crippen MR) is 84.8 cm³/mol. The Labute approximate surface area is 132 Å². The van der Waals surface area contributed by atoms with E-state index in [0.29, 0.717) is 5.56 Å². The summed E-state index contributed by atoms with van der Waals surface area (Å²) in [5.41, 5.74) is 0.658. The molecule has 0 unspecified atom stereocenters. The van der Waals surface area contributed by atoms with Crippen molar-refractivity contribution in [3.05, 3.63) is 29.8 Å². The summed E-state index contributed by atoms with van der Waals surface area (Å²) in [7, 11) is -0.450. The van der Waals surface area contributed by atoms with Gasteiger partial charge in [0.25, 0.3) is 0 Å². The van der Waals surface area contributed by atoms with Gasteiger partial charge in [0.15, 0.2) is 0 Å². The smallest absolute Gasteiger partial charge is 0.399 e. The summed E-state index contributed by atoms with van der Waals surface area (Å²) in [4.78, 5) is 0. The number of hydrogen-bond donors (Lipinski definition) is 0. The molecule has 0 saturated carbocycles. The minimum atomic E-state index is -2.72. The normalized spacial score (nSPS) is 21.2. The van der Waals surface area contributed by atoms with Gasteiger partial charge in [-0.1, -0.05) is 24.3 Å². The minimum absolute atomic E-state index is 0.267. The number of hydrogen-bond acceptors (Lipinski definition) is 2. The standard InChI is InChI=1S/C14H18BF2IO2/c1-12(2)13(3,4)20-15(19-12)11-7-5-10(6-8-11)9-14(16,17)18/h5-8H,9H2,1-4H3. The third-order valence-corrected chi connectivity index (χ3v) is 4.29. The summed E-state index contributed by atoms with van der Waals surface area (Å²) in [5.74, 6) is 0. The summed E-state index contributed by atoms with van der Waals surface area (Å²) >= 11 is 1.15. The Bertz CT molecular complexity index is 467. The van der Waals surface area contributed by atoms with Crippen molar-refractivity contribution in [1.29, 1.82) is 0 Å². The molecule has 6 heteroatoms. The zero-order valence-corrected chi connectivity index (χ0v) is 14.2. The summed E-state index contributed by atoms with van der Waals surface area (Å²) in [6.07, 6.45) is -0.267. The van der Waals surface area contributed by atoms with Crippen LogP contribution >= 0.6 is 22.6 Å². The van der Waals surface area contributed by atoms with Crippen LogP contribution in [0.1, 0.15) is 33.3 Å². The van der Waals surface area contributed by atoms with Gasteiger partial charge in [0, 0.05) is 6.42 Å². The van der Waals surface area contributed by atoms with Gasteiger partial charge >= 0.3 is 11.0 Å². The average molecular weight is 394 g/mol. The molecule has 0 atom stereocenters. The molecule has 0 bridgehead atoms. The Morgan fingerprint density at radius 3 is 1.90 bits per heavy atom. The highest BCUT2D eigenvalue weighted by Crippen LogP contribution is 2.36. The van der Waals surface area contributed by atoms with Gasteiger partial charge in [-0.15, -0.1) is 0 Å². The van der Waals surface area contributed by atoms with Crippen molar-refractivity contribution in [1.82, 2.24) is 0 Å². The fraction of sp³-hybridized carbons (Fsp3) is 0.571. The van der Waals surface area contributed by atoms with E-state index in [4.69, 9.17) is 9.31 Å². The van der Waals surface area contributed by atoms with Gasteiger partial charge in [-0.3, -0.25) is 0 Å². The number of benzene rings is 1. The van der Waals surface area contributed by atoms with Gasteiger partial charge in [-0.2, -0.15) is 8.78 Å². The van der Waals surface area contributed by atoms with E-state index in [9.17, 15) is 8.78 Å². The highest BCUT2D eigenvalue weighted by molar-refractivity contribution is 14.1. The second kappa shape index (κ2) is 5.21. The summed E-state index contributed by atoms with van der Waals surface area (Å²) in [6.45, 7) is 7.94. The summed E-state index contributed by atoms with van der Waals surface area (Å²) < 4.78 is 35.0.